The normalized spacial score (nSPS) is 33.5. The number of hydrogen-bond acceptors (Lipinski definition) is 1. The van der Waals surface area contributed by atoms with Gasteiger partial charge in [0.2, 0.25) is 0 Å². The highest BCUT2D eigenvalue weighted by molar-refractivity contribution is 4.89. The van der Waals surface area contributed by atoms with E-state index in [0.717, 1.165) is 11.8 Å². The third-order valence-electron chi connectivity index (χ3n) is 5.93. The SMILES string of the molecule is CCCCC[C@]1(OC)CC[C@H](C2CCCCC2)CC1. The average Bonchev–Trinajstić information content (AvgIpc) is 2.49. The van der Waals surface area contributed by atoms with Crippen LogP contribution in [0, 0.1) is 11.8 Å². The summed E-state index contributed by atoms with van der Waals surface area (Å²) in [6, 6.07) is 0. The predicted molar refractivity (Wildman–Crippen MR) is 82.4 cm³/mol. The molecule has 2 aliphatic carbocycles. The van der Waals surface area contributed by atoms with Gasteiger partial charge in [0.05, 0.1) is 5.60 Å². The molecule has 0 atom stereocenters. The Kier molecular flexibility index (Phi) is 6.19. The van der Waals surface area contributed by atoms with Gasteiger partial charge in [-0.05, 0) is 43.9 Å². The Balaban J connectivity index is 1.78. The van der Waals surface area contributed by atoms with Gasteiger partial charge in [-0.25, -0.2) is 0 Å². The lowest BCUT2D eigenvalue weighted by atomic mass is 9.68. The molecule has 1 heteroatoms. The highest BCUT2D eigenvalue weighted by Crippen LogP contribution is 2.44. The lowest BCUT2D eigenvalue weighted by Gasteiger charge is -2.42. The summed E-state index contributed by atoms with van der Waals surface area (Å²) in [5.74, 6) is 2.08. The smallest absolute Gasteiger partial charge is 0.0679 e. The van der Waals surface area contributed by atoms with Crippen molar-refractivity contribution in [2.45, 2.75) is 96.0 Å². The monoisotopic (exact) mass is 266 g/mol. The van der Waals surface area contributed by atoms with Crippen LogP contribution in [0.1, 0.15) is 90.4 Å². The van der Waals surface area contributed by atoms with Gasteiger partial charge in [0, 0.05) is 7.11 Å². The molecule has 2 rings (SSSR count). The molecule has 0 N–H and O–H groups in total. The standard InChI is InChI=1S/C18H34O/c1-3-4-8-13-18(19-2)14-11-17(12-15-18)16-9-6-5-7-10-16/h16-17H,3-15H2,1-2H3/t17-,18-. The second kappa shape index (κ2) is 7.67. The molecule has 2 aliphatic rings. The first-order chi connectivity index (χ1) is 9.29. The van der Waals surface area contributed by atoms with Gasteiger partial charge < -0.3 is 4.74 Å². The van der Waals surface area contributed by atoms with Crippen LogP contribution in [0.3, 0.4) is 0 Å². The summed E-state index contributed by atoms with van der Waals surface area (Å²) in [6.45, 7) is 2.29. The van der Waals surface area contributed by atoms with Crippen LogP contribution in [-0.2, 0) is 4.74 Å². The van der Waals surface area contributed by atoms with Crippen LogP contribution in [0.5, 0.6) is 0 Å². The van der Waals surface area contributed by atoms with Gasteiger partial charge in [-0.15, -0.1) is 0 Å². The molecular weight excluding hydrogens is 232 g/mol. The molecule has 0 aromatic carbocycles. The maximum atomic E-state index is 5.96. The first kappa shape index (κ1) is 15.4. The molecule has 0 unspecified atom stereocenters. The summed E-state index contributed by atoms with van der Waals surface area (Å²) in [5.41, 5.74) is 0.250. The van der Waals surface area contributed by atoms with Crippen molar-refractivity contribution in [1.29, 1.82) is 0 Å². The molecule has 0 saturated heterocycles. The quantitative estimate of drug-likeness (QED) is 0.558. The fourth-order valence-corrected chi connectivity index (χ4v) is 4.50. The fourth-order valence-electron chi connectivity index (χ4n) is 4.50. The van der Waals surface area contributed by atoms with E-state index in [1.54, 1.807) is 0 Å². The Hall–Kier alpha value is -0.0400. The minimum atomic E-state index is 0.250. The number of methoxy groups -OCH3 is 1. The van der Waals surface area contributed by atoms with Crippen molar-refractivity contribution in [3.05, 3.63) is 0 Å². The summed E-state index contributed by atoms with van der Waals surface area (Å²) in [5, 5.41) is 0. The number of unbranched alkanes of at least 4 members (excludes halogenated alkanes) is 2. The molecule has 1 nitrogen and oxygen atoms in total. The van der Waals surface area contributed by atoms with E-state index in [0.29, 0.717) is 0 Å². The van der Waals surface area contributed by atoms with E-state index in [4.69, 9.17) is 4.74 Å². The molecule has 0 spiro atoms. The van der Waals surface area contributed by atoms with Gasteiger partial charge in [-0.2, -0.15) is 0 Å². The Morgan fingerprint density at radius 1 is 0.895 bits per heavy atom. The first-order valence-electron chi connectivity index (χ1n) is 8.85. The van der Waals surface area contributed by atoms with E-state index in [2.05, 4.69) is 6.92 Å². The van der Waals surface area contributed by atoms with E-state index >= 15 is 0 Å². The Morgan fingerprint density at radius 2 is 1.53 bits per heavy atom. The third-order valence-corrected chi connectivity index (χ3v) is 5.93. The van der Waals surface area contributed by atoms with Gasteiger partial charge in [0.25, 0.3) is 0 Å². The van der Waals surface area contributed by atoms with Crippen LogP contribution >= 0.6 is 0 Å². The number of hydrogen-bond donors (Lipinski definition) is 0. The highest BCUT2D eigenvalue weighted by atomic mass is 16.5. The topological polar surface area (TPSA) is 9.23 Å². The maximum Gasteiger partial charge on any atom is 0.0679 e. The molecule has 0 aromatic rings. The lowest BCUT2D eigenvalue weighted by Crippen LogP contribution is -2.38. The molecular formula is C18H34O. The maximum absolute atomic E-state index is 5.96. The highest BCUT2D eigenvalue weighted by Gasteiger charge is 2.37. The van der Waals surface area contributed by atoms with Crippen molar-refractivity contribution >= 4 is 0 Å². The molecule has 0 bridgehead atoms. The van der Waals surface area contributed by atoms with Gasteiger partial charge in [-0.1, -0.05) is 58.3 Å². The molecule has 19 heavy (non-hydrogen) atoms. The van der Waals surface area contributed by atoms with E-state index in [-0.39, 0.29) is 5.60 Å². The predicted octanol–water partition coefficient (Wildman–Crippen LogP) is 5.72. The van der Waals surface area contributed by atoms with E-state index in [1.807, 2.05) is 7.11 Å². The average molecular weight is 266 g/mol. The van der Waals surface area contributed by atoms with Crippen molar-refractivity contribution in [3.63, 3.8) is 0 Å². The molecule has 0 amide bonds. The number of rotatable bonds is 6. The Labute approximate surface area is 120 Å². The van der Waals surface area contributed by atoms with E-state index in [1.165, 1.54) is 83.5 Å². The molecule has 112 valence electrons. The van der Waals surface area contributed by atoms with Crippen LogP contribution in [0.25, 0.3) is 0 Å². The lowest BCUT2D eigenvalue weighted by molar-refractivity contribution is -0.0632. The van der Waals surface area contributed by atoms with Crippen LogP contribution in [0.15, 0.2) is 0 Å². The van der Waals surface area contributed by atoms with E-state index in [9.17, 15) is 0 Å². The third kappa shape index (κ3) is 4.21. The van der Waals surface area contributed by atoms with Crippen molar-refractivity contribution < 1.29 is 4.74 Å². The Bertz CT molecular complexity index is 234. The van der Waals surface area contributed by atoms with Crippen molar-refractivity contribution in [2.75, 3.05) is 7.11 Å². The van der Waals surface area contributed by atoms with E-state index < -0.39 is 0 Å². The summed E-state index contributed by atoms with van der Waals surface area (Å²) < 4.78 is 5.96. The van der Waals surface area contributed by atoms with Gasteiger partial charge >= 0.3 is 0 Å². The van der Waals surface area contributed by atoms with Crippen molar-refractivity contribution in [3.8, 4) is 0 Å². The summed E-state index contributed by atoms with van der Waals surface area (Å²) in [7, 11) is 1.95. The minimum absolute atomic E-state index is 0.250. The molecule has 2 fully saturated rings. The van der Waals surface area contributed by atoms with Crippen LogP contribution in [-0.4, -0.2) is 12.7 Å². The number of ether oxygens (including phenoxy) is 1. The zero-order valence-electron chi connectivity index (χ0n) is 13.3. The van der Waals surface area contributed by atoms with Gasteiger partial charge in [0.15, 0.2) is 0 Å². The summed E-state index contributed by atoms with van der Waals surface area (Å²) >= 11 is 0. The van der Waals surface area contributed by atoms with Crippen LogP contribution in [0.4, 0.5) is 0 Å². The van der Waals surface area contributed by atoms with Crippen LogP contribution in [0.2, 0.25) is 0 Å². The van der Waals surface area contributed by atoms with Gasteiger partial charge in [0.1, 0.15) is 0 Å². The summed E-state index contributed by atoms with van der Waals surface area (Å²) in [6.07, 6.45) is 18.4. The molecule has 0 heterocycles. The molecule has 0 radical (unpaired) electrons. The van der Waals surface area contributed by atoms with Crippen LogP contribution < -0.4 is 0 Å². The molecule has 2 saturated carbocycles. The second-order valence-electron chi connectivity index (χ2n) is 7.08. The minimum Gasteiger partial charge on any atom is -0.378 e. The molecule has 0 aliphatic heterocycles. The molecule has 0 aromatic heterocycles. The first-order valence-corrected chi connectivity index (χ1v) is 8.85. The fraction of sp³-hybridized carbons (Fsp3) is 1.00. The second-order valence-corrected chi connectivity index (χ2v) is 7.08. The van der Waals surface area contributed by atoms with Gasteiger partial charge in [-0.3, -0.25) is 0 Å². The largest absolute Gasteiger partial charge is 0.378 e. The zero-order chi connectivity index (χ0) is 13.6. The van der Waals surface area contributed by atoms with Crippen molar-refractivity contribution in [1.82, 2.24) is 0 Å². The summed E-state index contributed by atoms with van der Waals surface area (Å²) in [4.78, 5) is 0. The van der Waals surface area contributed by atoms with Crippen molar-refractivity contribution in [2.24, 2.45) is 11.8 Å². The zero-order valence-corrected chi connectivity index (χ0v) is 13.3. The Morgan fingerprint density at radius 3 is 2.11 bits per heavy atom.